The van der Waals surface area contributed by atoms with Crippen molar-refractivity contribution >= 4 is 5.97 Å². The smallest absolute Gasteiger partial charge is 0.306 e. The highest BCUT2D eigenvalue weighted by atomic mass is 16.5. The third kappa shape index (κ3) is 1.77. The van der Waals surface area contributed by atoms with Crippen LogP contribution in [0.4, 0.5) is 0 Å². The molecule has 1 atom stereocenters. The Kier molecular flexibility index (Phi) is 2.62. The van der Waals surface area contributed by atoms with E-state index < -0.39 is 0 Å². The lowest BCUT2D eigenvalue weighted by Crippen LogP contribution is -2.27. The van der Waals surface area contributed by atoms with E-state index in [-0.39, 0.29) is 11.4 Å². The number of benzene rings is 1. The van der Waals surface area contributed by atoms with Gasteiger partial charge in [-0.3, -0.25) is 4.79 Å². The van der Waals surface area contributed by atoms with E-state index in [0.29, 0.717) is 13.0 Å². The Balaban J connectivity index is 2.31. The summed E-state index contributed by atoms with van der Waals surface area (Å²) in [6.45, 7) is 4.60. The first-order chi connectivity index (χ1) is 7.55. The molecule has 0 aliphatic carbocycles. The first-order valence-corrected chi connectivity index (χ1v) is 5.36. The largest absolute Gasteiger partial charge is 0.492 e. The Labute approximate surface area is 95.4 Å². The molecule has 0 radical (unpaired) electrons. The highest BCUT2D eigenvalue weighted by Crippen LogP contribution is 2.41. The molecule has 1 aliphatic rings. The summed E-state index contributed by atoms with van der Waals surface area (Å²) in [6, 6.07) is 6.10. The molecule has 1 heterocycles. The van der Waals surface area contributed by atoms with Gasteiger partial charge < -0.3 is 9.47 Å². The second kappa shape index (κ2) is 3.81. The van der Waals surface area contributed by atoms with Crippen molar-refractivity contribution in [3.05, 3.63) is 29.3 Å². The van der Waals surface area contributed by atoms with E-state index in [1.807, 2.05) is 32.0 Å². The second-order valence-electron chi connectivity index (χ2n) is 4.60. The molecule has 0 spiro atoms. The predicted octanol–water partition coefficient (Wildman–Crippen LogP) is 2.21. The van der Waals surface area contributed by atoms with Crippen LogP contribution in [0, 0.1) is 6.92 Å². The number of rotatable bonds is 2. The van der Waals surface area contributed by atoms with Crippen LogP contribution in [-0.4, -0.2) is 19.7 Å². The van der Waals surface area contributed by atoms with E-state index in [2.05, 4.69) is 0 Å². The third-order valence-electron chi connectivity index (χ3n) is 3.10. The highest BCUT2D eigenvalue weighted by Gasteiger charge is 2.38. The number of hydrogen-bond acceptors (Lipinski definition) is 3. The molecule has 3 heteroatoms. The van der Waals surface area contributed by atoms with E-state index in [1.165, 1.54) is 12.7 Å². The van der Waals surface area contributed by atoms with Gasteiger partial charge in [0.15, 0.2) is 0 Å². The van der Waals surface area contributed by atoms with Gasteiger partial charge in [0.25, 0.3) is 0 Å². The monoisotopic (exact) mass is 220 g/mol. The fourth-order valence-electron chi connectivity index (χ4n) is 2.10. The average Bonchev–Trinajstić information content (AvgIpc) is 2.55. The Hall–Kier alpha value is -1.51. The van der Waals surface area contributed by atoms with Gasteiger partial charge in [-0.15, -0.1) is 0 Å². The molecule has 1 aromatic carbocycles. The molecule has 0 aromatic heterocycles. The van der Waals surface area contributed by atoms with Gasteiger partial charge >= 0.3 is 5.97 Å². The minimum Gasteiger partial charge on any atom is -0.492 e. The van der Waals surface area contributed by atoms with Gasteiger partial charge in [-0.1, -0.05) is 19.1 Å². The number of carbonyl (C=O) groups is 1. The van der Waals surface area contributed by atoms with Crippen LogP contribution in [-0.2, 0) is 14.9 Å². The first-order valence-electron chi connectivity index (χ1n) is 5.36. The van der Waals surface area contributed by atoms with Crippen LogP contribution < -0.4 is 4.74 Å². The lowest BCUT2D eigenvalue weighted by atomic mass is 9.81. The molecule has 0 N–H and O–H groups in total. The molecule has 86 valence electrons. The summed E-state index contributed by atoms with van der Waals surface area (Å²) in [5.41, 5.74) is 2.01. The van der Waals surface area contributed by atoms with Crippen LogP contribution in [0.15, 0.2) is 18.2 Å². The summed E-state index contributed by atoms with van der Waals surface area (Å²) in [6.07, 6.45) is 0.361. The van der Waals surface area contributed by atoms with Crippen molar-refractivity contribution in [3.63, 3.8) is 0 Å². The van der Waals surface area contributed by atoms with E-state index in [0.717, 1.165) is 11.3 Å². The van der Waals surface area contributed by atoms with Crippen molar-refractivity contribution in [2.45, 2.75) is 25.7 Å². The molecule has 3 nitrogen and oxygen atoms in total. The molecule has 0 saturated carbocycles. The van der Waals surface area contributed by atoms with E-state index in [9.17, 15) is 4.79 Å². The Morgan fingerprint density at radius 1 is 1.56 bits per heavy atom. The molecule has 0 saturated heterocycles. The Morgan fingerprint density at radius 2 is 2.31 bits per heavy atom. The molecule has 1 aromatic rings. The zero-order valence-electron chi connectivity index (χ0n) is 9.87. The van der Waals surface area contributed by atoms with Gasteiger partial charge in [0.1, 0.15) is 5.75 Å². The summed E-state index contributed by atoms with van der Waals surface area (Å²) < 4.78 is 10.4. The third-order valence-corrected chi connectivity index (χ3v) is 3.10. The molecule has 0 fully saturated rings. The van der Waals surface area contributed by atoms with Crippen LogP contribution in [0.5, 0.6) is 5.75 Å². The van der Waals surface area contributed by atoms with E-state index >= 15 is 0 Å². The van der Waals surface area contributed by atoms with E-state index in [4.69, 9.17) is 9.47 Å². The Bertz CT molecular complexity index is 425. The summed E-state index contributed by atoms with van der Waals surface area (Å²) in [4.78, 5) is 11.4. The van der Waals surface area contributed by atoms with Crippen LogP contribution >= 0.6 is 0 Å². The van der Waals surface area contributed by atoms with Crippen LogP contribution in [0.1, 0.15) is 24.5 Å². The van der Waals surface area contributed by atoms with Gasteiger partial charge in [-0.25, -0.2) is 0 Å². The van der Waals surface area contributed by atoms with Crippen molar-refractivity contribution in [2.24, 2.45) is 0 Å². The van der Waals surface area contributed by atoms with Crippen LogP contribution in [0.25, 0.3) is 0 Å². The molecule has 0 bridgehead atoms. The first kappa shape index (κ1) is 11.0. The Morgan fingerprint density at radius 3 is 3.00 bits per heavy atom. The second-order valence-corrected chi connectivity index (χ2v) is 4.60. The van der Waals surface area contributed by atoms with Crippen molar-refractivity contribution < 1.29 is 14.3 Å². The summed E-state index contributed by atoms with van der Waals surface area (Å²) >= 11 is 0. The molecule has 0 amide bonds. The van der Waals surface area contributed by atoms with Crippen molar-refractivity contribution in [2.75, 3.05) is 13.7 Å². The number of hydrogen-bond donors (Lipinski definition) is 0. The SMILES string of the molecule is COC(=O)CC1(C)COc2cc(C)ccc21. The average molecular weight is 220 g/mol. The van der Waals surface area contributed by atoms with Crippen molar-refractivity contribution in [1.29, 1.82) is 0 Å². The molecule has 1 unspecified atom stereocenters. The number of carbonyl (C=O) groups excluding carboxylic acids is 1. The lowest BCUT2D eigenvalue weighted by molar-refractivity contribution is -0.142. The topological polar surface area (TPSA) is 35.5 Å². The maximum atomic E-state index is 11.4. The summed E-state index contributed by atoms with van der Waals surface area (Å²) in [7, 11) is 1.41. The number of methoxy groups -OCH3 is 1. The van der Waals surface area contributed by atoms with E-state index in [1.54, 1.807) is 0 Å². The molecule has 2 rings (SSSR count). The van der Waals surface area contributed by atoms with Crippen LogP contribution in [0.2, 0.25) is 0 Å². The minimum atomic E-state index is -0.254. The summed E-state index contributed by atoms with van der Waals surface area (Å²) in [5.74, 6) is 0.700. The van der Waals surface area contributed by atoms with Gasteiger partial charge in [0, 0.05) is 11.0 Å². The number of esters is 1. The summed E-state index contributed by atoms with van der Waals surface area (Å²) in [5, 5.41) is 0. The van der Waals surface area contributed by atoms with Gasteiger partial charge in [0.05, 0.1) is 20.1 Å². The standard InChI is InChI=1S/C13H16O3/c1-9-4-5-10-11(6-9)16-8-13(10,2)7-12(14)15-3/h4-6H,7-8H2,1-3H3. The van der Waals surface area contributed by atoms with Gasteiger partial charge in [-0.05, 0) is 18.6 Å². The lowest BCUT2D eigenvalue weighted by Gasteiger charge is -2.20. The molecular formula is C13H16O3. The molecule has 1 aliphatic heterocycles. The number of ether oxygens (including phenoxy) is 2. The maximum absolute atomic E-state index is 11.4. The van der Waals surface area contributed by atoms with Gasteiger partial charge in [-0.2, -0.15) is 0 Å². The fraction of sp³-hybridized carbons (Fsp3) is 0.462. The molecule has 16 heavy (non-hydrogen) atoms. The minimum absolute atomic E-state index is 0.195. The van der Waals surface area contributed by atoms with Crippen molar-refractivity contribution in [1.82, 2.24) is 0 Å². The zero-order chi connectivity index (χ0) is 11.8. The predicted molar refractivity (Wildman–Crippen MR) is 60.7 cm³/mol. The van der Waals surface area contributed by atoms with Gasteiger partial charge in [0.2, 0.25) is 0 Å². The maximum Gasteiger partial charge on any atom is 0.306 e. The highest BCUT2D eigenvalue weighted by molar-refractivity contribution is 5.72. The zero-order valence-corrected chi connectivity index (χ0v) is 9.87. The molecular weight excluding hydrogens is 204 g/mol. The normalized spacial score (nSPS) is 22.4. The van der Waals surface area contributed by atoms with Crippen LogP contribution in [0.3, 0.4) is 0 Å². The quantitative estimate of drug-likeness (QED) is 0.717. The number of fused-ring (bicyclic) bond motifs is 1. The number of aryl methyl sites for hydroxylation is 1. The van der Waals surface area contributed by atoms with Crippen molar-refractivity contribution in [3.8, 4) is 5.75 Å². The fourth-order valence-corrected chi connectivity index (χ4v) is 2.10.